The maximum Gasteiger partial charge on any atom is 0.272 e. The molecule has 1 amide bonds. The Kier molecular flexibility index (Phi) is 5.31. The first kappa shape index (κ1) is 20.1. The van der Waals surface area contributed by atoms with Gasteiger partial charge >= 0.3 is 0 Å². The zero-order valence-electron chi connectivity index (χ0n) is 15.4. The Morgan fingerprint density at radius 3 is 2.73 bits per heavy atom. The van der Waals surface area contributed by atoms with Crippen LogP contribution < -0.4 is 10.5 Å². The van der Waals surface area contributed by atoms with Gasteiger partial charge in [0, 0.05) is 22.2 Å². The van der Waals surface area contributed by atoms with E-state index < -0.39 is 23.1 Å². The van der Waals surface area contributed by atoms with E-state index in [4.69, 9.17) is 11.6 Å². The number of rotatable bonds is 4. The molecule has 0 fully saturated rings. The monoisotopic (exact) mass is 446 g/mol. The van der Waals surface area contributed by atoms with Crippen LogP contribution >= 0.6 is 23.1 Å². The Labute approximate surface area is 177 Å². The van der Waals surface area contributed by atoms with Crippen molar-refractivity contribution in [3.05, 3.63) is 85.6 Å². The van der Waals surface area contributed by atoms with Crippen molar-refractivity contribution >= 4 is 45.6 Å². The molecule has 0 aliphatic carbocycles. The summed E-state index contributed by atoms with van der Waals surface area (Å²) in [6, 6.07) is 10.2. The maximum atomic E-state index is 14.2. The fraction of sp³-hybridized carbons (Fsp3) is 0.100. The van der Waals surface area contributed by atoms with Crippen molar-refractivity contribution in [2.45, 2.75) is 13.5 Å². The lowest BCUT2D eigenvalue weighted by molar-refractivity contribution is 0.0988. The topological polar surface area (TPSA) is 79.0 Å². The summed E-state index contributed by atoms with van der Waals surface area (Å²) < 4.78 is 31.7. The third kappa shape index (κ3) is 3.69. The summed E-state index contributed by atoms with van der Waals surface area (Å²) in [6.45, 7) is 1.58. The van der Waals surface area contributed by atoms with E-state index in [0.29, 0.717) is 26.8 Å². The average Bonchev–Trinajstić information content (AvgIpc) is 3.14. The van der Waals surface area contributed by atoms with E-state index in [-0.39, 0.29) is 17.4 Å². The number of anilines is 1. The van der Waals surface area contributed by atoms with Gasteiger partial charge in [-0.05, 0) is 54.4 Å². The molecule has 30 heavy (non-hydrogen) atoms. The number of aromatic amines is 1. The number of H-pyrrole nitrogens is 1. The highest BCUT2D eigenvalue weighted by molar-refractivity contribution is 7.08. The average molecular weight is 447 g/mol. The fourth-order valence-electron chi connectivity index (χ4n) is 3.11. The lowest BCUT2D eigenvalue weighted by Gasteiger charge is -2.23. The van der Waals surface area contributed by atoms with Gasteiger partial charge in [-0.3, -0.25) is 9.59 Å². The molecule has 0 unspecified atom stereocenters. The number of hydrogen-bond acceptors (Lipinski definition) is 5. The highest BCUT2D eigenvalue weighted by atomic mass is 35.5. The summed E-state index contributed by atoms with van der Waals surface area (Å²) in [5.41, 5.74) is 0.399. The van der Waals surface area contributed by atoms with Crippen LogP contribution in [0.4, 0.5) is 14.5 Å². The smallest absolute Gasteiger partial charge is 0.272 e. The number of nitrogens with zero attached hydrogens (tertiary/aromatic N) is 3. The molecule has 0 saturated heterocycles. The normalized spacial score (nSPS) is 11.1. The minimum atomic E-state index is -1.16. The van der Waals surface area contributed by atoms with Gasteiger partial charge in [-0.1, -0.05) is 22.2 Å². The highest BCUT2D eigenvalue weighted by Crippen LogP contribution is 2.27. The quantitative estimate of drug-likeness (QED) is 0.501. The molecule has 152 valence electrons. The zero-order valence-corrected chi connectivity index (χ0v) is 17.0. The van der Waals surface area contributed by atoms with Crippen molar-refractivity contribution in [1.29, 1.82) is 0 Å². The Bertz CT molecular complexity index is 1340. The molecule has 0 radical (unpaired) electrons. The molecule has 6 nitrogen and oxygen atoms in total. The summed E-state index contributed by atoms with van der Waals surface area (Å²) in [5.74, 6) is -2.64. The number of halogens is 3. The van der Waals surface area contributed by atoms with E-state index in [1.807, 2.05) is 0 Å². The summed E-state index contributed by atoms with van der Waals surface area (Å²) in [7, 11) is 0. The molecular weight excluding hydrogens is 434 g/mol. The molecule has 2 aromatic heterocycles. The number of hydrogen-bond donors (Lipinski definition) is 1. The number of carbonyl (C=O) groups excluding carboxylic acids is 1. The van der Waals surface area contributed by atoms with Gasteiger partial charge in [0.25, 0.3) is 5.91 Å². The molecule has 2 heterocycles. The molecule has 0 atom stereocenters. The summed E-state index contributed by atoms with van der Waals surface area (Å²) >= 11 is 7.05. The van der Waals surface area contributed by atoms with E-state index in [0.717, 1.165) is 17.6 Å². The van der Waals surface area contributed by atoms with Crippen molar-refractivity contribution in [2.75, 3.05) is 4.90 Å². The van der Waals surface area contributed by atoms with Crippen LogP contribution in [-0.2, 0) is 6.54 Å². The minimum absolute atomic E-state index is 0.0813. The number of benzene rings is 2. The molecule has 1 N–H and O–H groups in total. The SMILES string of the molecule is Cc1nnsc1C(=O)N(Cc1cc(=O)[nH]c2c(F)c(F)ccc12)c1cccc(Cl)c1. The van der Waals surface area contributed by atoms with Gasteiger partial charge < -0.3 is 9.88 Å². The van der Waals surface area contributed by atoms with Crippen molar-refractivity contribution in [3.8, 4) is 0 Å². The van der Waals surface area contributed by atoms with Gasteiger partial charge in [-0.25, -0.2) is 8.78 Å². The molecule has 4 rings (SSSR count). The summed E-state index contributed by atoms with van der Waals surface area (Å²) in [4.78, 5) is 29.4. The fourth-order valence-corrected chi connectivity index (χ4v) is 3.90. The molecule has 0 spiro atoms. The number of aromatic nitrogens is 3. The Balaban J connectivity index is 1.87. The van der Waals surface area contributed by atoms with E-state index in [2.05, 4.69) is 14.6 Å². The standard InChI is InChI=1S/C20H13ClF2N4O2S/c1-10-19(30-26-25-10)20(29)27(13-4-2-3-12(21)8-13)9-11-7-16(28)24-18-14(11)5-6-15(22)17(18)23/h2-8H,9H2,1H3,(H,24,28). The van der Waals surface area contributed by atoms with Crippen LogP contribution in [-0.4, -0.2) is 20.5 Å². The highest BCUT2D eigenvalue weighted by Gasteiger charge is 2.24. The molecule has 0 aliphatic rings. The second kappa shape index (κ2) is 7.92. The number of fused-ring (bicyclic) bond motifs is 1. The van der Waals surface area contributed by atoms with Crippen molar-refractivity contribution in [3.63, 3.8) is 0 Å². The zero-order chi connectivity index (χ0) is 21.4. The van der Waals surface area contributed by atoms with E-state index in [1.165, 1.54) is 17.0 Å². The van der Waals surface area contributed by atoms with Gasteiger partial charge in [0.05, 0.1) is 17.8 Å². The number of amides is 1. The lowest BCUT2D eigenvalue weighted by Crippen LogP contribution is -2.31. The predicted molar refractivity (Wildman–Crippen MR) is 111 cm³/mol. The van der Waals surface area contributed by atoms with Crippen molar-refractivity contribution in [1.82, 2.24) is 14.6 Å². The Morgan fingerprint density at radius 1 is 1.23 bits per heavy atom. The largest absolute Gasteiger partial charge is 0.319 e. The number of aryl methyl sites for hydroxylation is 1. The molecule has 0 bridgehead atoms. The first-order valence-electron chi connectivity index (χ1n) is 8.71. The van der Waals surface area contributed by atoms with Crippen LogP contribution in [0.3, 0.4) is 0 Å². The molecule has 0 aliphatic heterocycles. The lowest BCUT2D eigenvalue weighted by atomic mass is 10.1. The van der Waals surface area contributed by atoms with Gasteiger partial charge in [0.1, 0.15) is 4.88 Å². The maximum absolute atomic E-state index is 14.2. The molecule has 2 aromatic carbocycles. The Morgan fingerprint density at radius 2 is 2.03 bits per heavy atom. The van der Waals surface area contributed by atoms with Crippen LogP contribution in [0.1, 0.15) is 20.9 Å². The predicted octanol–water partition coefficient (Wildman–Crippen LogP) is 4.47. The summed E-state index contributed by atoms with van der Waals surface area (Å²) in [5, 5.41) is 4.57. The number of pyridine rings is 1. The van der Waals surface area contributed by atoms with E-state index in [9.17, 15) is 18.4 Å². The third-order valence-electron chi connectivity index (χ3n) is 4.53. The van der Waals surface area contributed by atoms with Crippen molar-refractivity contribution < 1.29 is 13.6 Å². The van der Waals surface area contributed by atoms with Gasteiger partial charge in [-0.2, -0.15) is 0 Å². The number of nitrogens with one attached hydrogen (secondary N) is 1. The van der Waals surface area contributed by atoms with Crippen molar-refractivity contribution in [2.24, 2.45) is 0 Å². The minimum Gasteiger partial charge on any atom is -0.319 e. The van der Waals surface area contributed by atoms with Crippen LogP contribution in [0.15, 0.2) is 47.3 Å². The number of carbonyl (C=O) groups is 1. The second-order valence-corrected chi connectivity index (χ2v) is 7.69. The first-order chi connectivity index (χ1) is 14.3. The van der Waals surface area contributed by atoms with Crippen LogP contribution in [0, 0.1) is 18.6 Å². The van der Waals surface area contributed by atoms with Gasteiger partial charge in [0.15, 0.2) is 11.6 Å². The van der Waals surface area contributed by atoms with Gasteiger partial charge in [0.2, 0.25) is 5.56 Å². The van der Waals surface area contributed by atoms with Crippen LogP contribution in [0.2, 0.25) is 5.02 Å². The van der Waals surface area contributed by atoms with E-state index in [1.54, 1.807) is 31.2 Å². The van der Waals surface area contributed by atoms with Gasteiger partial charge in [-0.15, -0.1) is 5.10 Å². The molecule has 10 heteroatoms. The first-order valence-corrected chi connectivity index (χ1v) is 9.86. The van der Waals surface area contributed by atoms with Crippen LogP contribution in [0.5, 0.6) is 0 Å². The van der Waals surface area contributed by atoms with E-state index >= 15 is 0 Å². The Hall–Kier alpha value is -3.17. The molecular formula is C20H13ClF2N4O2S. The molecule has 0 saturated carbocycles. The summed E-state index contributed by atoms with van der Waals surface area (Å²) in [6.07, 6.45) is 0. The third-order valence-corrected chi connectivity index (χ3v) is 5.58. The molecule has 4 aromatic rings. The van der Waals surface area contributed by atoms with Crippen LogP contribution in [0.25, 0.3) is 10.9 Å². The second-order valence-electron chi connectivity index (χ2n) is 6.50.